The lowest BCUT2D eigenvalue weighted by Crippen LogP contribution is -1.71. The largest absolute Gasteiger partial charge is 0.0991 e. The van der Waals surface area contributed by atoms with Crippen molar-refractivity contribution in [2.45, 2.75) is 6.92 Å². The SMILES string of the molecule is C=CC=CC(=C)C=CC(=C)C=CC(=C)C. The summed E-state index contributed by atoms with van der Waals surface area (Å²) in [5, 5.41) is 0. The molecule has 0 unspecified atom stereocenters. The summed E-state index contributed by atoms with van der Waals surface area (Å²) in [6.45, 7) is 17.0. The Morgan fingerprint density at radius 2 is 1.27 bits per heavy atom. The van der Waals surface area contributed by atoms with E-state index in [9.17, 15) is 0 Å². The Balaban J connectivity index is 4.23. The van der Waals surface area contributed by atoms with Crippen LogP contribution in [0.25, 0.3) is 0 Å². The van der Waals surface area contributed by atoms with Crippen LogP contribution in [0, 0.1) is 0 Å². The van der Waals surface area contributed by atoms with Crippen LogP contribution in [0.15, 0.2) is 85.6 Å². The average Bonchev–Trinajstić information content (AvgIpc) is 2.20. The first-order valence-corrected chi connectivity index (χ1v) is 4.75. The molecule has 0 aromatic heterocycles. The predicted molar refractivity (Wildman–Crippen MR) is 70.7 cm³/mol. The maximum atomic E-state index is 3.88. The summed E-state index contributed by atoms with van der Waals surface area (Å²) in [5.74, 6) is 0. The van der Waals surface area contributed by atoms with Gasteiger partial charge in [-0.2, -0.15) is 0 Å². The third-order valence-electron chi connectivity index (χ3n) is 1.54. The van der Waals surface area contributed by atoms with Crippen LogP contribution in [0.5, 0.6) is 0 Å². The van der Waals surface area contributed by atoms with Crippen molar-refractivity contribution in [2.24, 2.45) is 0 Å². The third kappa shape index (κ3) is 8.51. The molecule has 0 fully saturated rings. The second-order valence-corrected chi connectivity index (χ2v) is 3.26. The Morgan fingerprint density at radius 1 is 0.800 bits per heavy atom. The summed E-state index contributed by atoms with van der Waals surface area (Å²) in [6, 6.07) is 0. The molecule has 0 saturated heterocycles. The Kier molecular flexibility index (Phi) is 6.65. The minimum Gasteiger partial charge on any atom is -0.0991 e. The number of rotatable bonds is 6. The predicted octanol–water partition coefficient (Wildman–Crippen LogP) is 4.53. The number of hydrogen-bond acceptors (Lipinski definition) is 0. The highest BCUT2D eigenvalue weighted by molar-refractivity contribution is 5.37. The van der Waals surface area contributed by atoms with Gasteiger partial charge >= 0.3 is 0 Å². The average molecular weight is 198 g/mol. The first-order valence-electron chi connectivity index (χ1n) is 4.75. The van der Waals surface area contributed by atoms with Crippen molar-refractivity contribution < 1.29 is 0 Å². The van der Waals surface area contributed by atoms with Crippen molar-refractivity contribution in [3.63, 3.8) is 0 Å². The molecule has 0 aliphatic carbocycles. The lowest BCUT2D eigenvalue weighted by atomic mass is 10.2. The van der Waals surface area contributed by atoms with E-state index in [1.807, 2.05) is 43.4 Å². The van der Waals surface area contributed by atoms with Crippen LogP contribution in [-0.4, -0.2) is 0 Å². The fourth-order valence-electron chi connectivity index (χ4n) is 0.766. The van der Waals surface area contributed by atoms with Crippen LogP contribution in [0.2, 0.25) is 0 Å². The van der Waals surface area contributed by atoms with E-state index in [1.165, 1.54) is 0 Å². The van der Waals surface area contributed by atoms with Crippen molar-refractivity contribution in [2.75, 3.05) is 0 Å². The molecule has 0 rings (SSSR count). The van der Waals surface area contributed by atoms with E-state index < -0.39 is 0 Å². The van der Waals surface area contributed by atoms with Crippen LogP contribution < -0.4 is 0 Å². The van der Waals surface area contributed by atoms with Gasteiger partial charge < -0.3 is 0 Å². The minimum absolute atomic E-state index is 0.916. The van der Waals surface area contributed by atoms with Crippen LogP contribution in [0.3, 0.4) is 0 Å². The molecule has 0 spiro atoms. The zero-order valence-electron chi connectivity index (χ0n) is 9.37. The van der Waals surface area contributed by atoms with E-state index >= 15 is 0 Å². The van der Waals surface area contributed by atoms with Gasteiger partial charge in [-0.05, 0) is 18.1 Å². The monoisotopic (exact) mass is 198 g/mol. The standard InChI is InChI=1S/C15H18/c1-6-7-8-14(4)11-12-15(5)10-9-13(2)3/h6-12H,1-2,4-5H2,3H3. The molecule has 15 heavy (non-hydrogen) atoms. The summed E-state index contributed by atoms with van der Waals surface area (Å²) in [7, 11) is 0. The van der Waals surface area contributed by atoms with Gasteiger partial charge in [0.15, 0.2) is 0 Å². The molecular formula is C15H18. The van der Waals surface area contributed by atoms with E-state index in [4.69, 9.17) is 0 Å². The highest BCUT2D eigenvalue weighted by atomic mass is 13.9. The topological polar surface area (TPSA) is 0 Å². The van der Waals surface area contributed by atoms with Crippen LogP contribution in [-0.2, 0) is 0 Å². The molecule has 0 nitrogen and oxygen atoms in total. The van der Waals surface area contributed by atoms with Crippen molar-refractivity contribution in [1.82, 2.24) is 0 Å². The summed E-state index contributed by atoms with van der Waals surface area (Å²) in [6.07, 6.45) is 13.1. The van der Waals surface area contributed by atoms with Crippen LogP contribution in [0.1, 0.15) is 6.92 Å². The molecule has 0 aliphatic heterocycles. The smallest absolute Gasteiger partial charge is 0.0328 e. The fraction of sp³-hybridized carbons (Fsp3) is 0.0667. The van der Waals surface area contributed by atoms with E-state index in [0.717, 1.165) is 16.7 Å². The molecule has 0 heterocycles. The second kappa shape index (κ2) is 7.57. The molecule has 0 radical (unpaired) electrons. The summed E-state index contributed by atoms with van der Waals surface area (Å²) in [5.41, 5.74) is 2.85. The molecule has 0 N–H and O–H groups in total. The van der Waals surface area contributed by atoms with Gasteiger partial charge in [0.25, 0.3) is 0 Å². The van der Waals surface area contributed by atoms with Crippen molar-refractivity contribution in [1.29, 1.82) is 0 Å². The van der Waals surface area contributed by atoms with Gasteiger partial charge in [0.1, 0.15) is 0 Å². The van der Waals surface area contributed by atoms with Gasteiger partial charge in [-0.3, -0.25) is 0 Å². The molecule has 0 saturated carbocycles. The summed E-state index contributed by atoms with van der Waals surface area (Å²) < 4.78 is 0. The van der Waals surface area contributed by atoms with Crippen LogP contribution >= 0.6 is 0 Å². The highest BCUT2D eigenvalue weighted by Crippen LogP contribution is 2.03. The van der Waals surface area contributed by atoms with Gasteiger partial charge in [0, 0.05) is 0 Å². The van der Waals surface area contributed by atoms with Gasteiger partial charge in [0.05, 0.1) is 0 Å². The molecule has 0 aliphatic rings. The Labute approximate surface area is 93.0 Å². The molecule has 0 atom stereocenters. The fourth-order valence-corrected chi connectivity index (χ4v) is 0.766. The first-order chi connectivity index (χ1) is 7.06. The zero-order valence-corrected chi connectivity index (χ0v) is 9.37. The molecule has 0 aromatic carbocycles. The second-order valence-electron chi connectivity index (χ2n) is 3.26. The lowest BCUT2D eigenvalue weighted by Gasteiger charge is -1.91. The van der Waals surface area contributed by atoms with Crippen molar-refractivity contribution >= 4 is 0 Å². The molecular weight excluding hydrogens is 180 g/mol. The van der Waals surface area contributed by atoms with Crippen molar-refractivity contribution in [3.8, 4) is 0 Å². The summed E-state index contributed by atoms with van der Waals surface area (Å²) >= 11 is 0. The maximum Gasteiger partial charge on any atom is -0.0328 e. The Bertz CT molecular complexity index is 346. The van der Waals surface area contributed by atoms with Gasteiger partial charge in [0.2, 0.25) is 0 Å². The zero-order chi connectivity index (χ0) is 11.7. The quantitative estimate of drug-likeness (QED) is 0.550. The molecule has 0 heteroatoms. The maximum absolute atomic E-state index is 3.88. The third-order valence-corrected chi connectivity index (χ3v) is 1.54. The summed E-state index contributed by atoms with van der Waals surface area (Å²) in [4.78, 5) is 0. The van der Waals surface area contributed by atoms with E-state index in [1.54, 1.807) is 6.08 Å². The van der Waals surface area contributed by atoms with Crippen molar-refractivity contribution in [3.05, 3.63) is 85.6 Å². The van der Waals surface area contributed by atoms with E-state index in [0.29, 0.717) is 0 Å². The molecule has 0 aromatic rings. The molecule has 0 bridgehead atoms. The van der Waals surface area contributed by atoms with E-state index in [2.05, 4.69) is 26.3 Å². The number of hydrogen-bond donors (Lipinski definition) is 0. The van der Waals surface area contributed by atoms with Crippen LogP contribution in [0.4, 0.5) is 0 Å². The highest BCUT2D eigenvalue weighted by Gasteiger charge is 1.82. The number of allylic oxidation sites excluding steroid dienone is 10. The Hall–Kier alpha value is -1.82. The van der Waals surface area contributed by atoms with E-state index in [-0.39, 0.29) is 0 Å². The first kappa shape index (κ1) is 13.2. The van der Waals surface area contributed by atoms with Gasteiger partial charge in [-0.25, -0.2) is 0 Å². The van der Waals surface area contributed by atoms with Gasteiger partial charge in [-0.1, -0.05) is 74.4 Å². The lowest BCUT2D eigenvalue weighted by molar-refractivity contribution is 1.54. The molecule has 78 valence electrons. The normalized spacial score (nSPS) is 11.3. The minimum atomic E-state index is 0.916. The Morgan fingerprint density at radius 3 is 1.73 bits per heavy atom. The van der Waals surface area contributed by atoms with Gasteiger partial charge in [-0.15, -0.1) is 0 Å². The molecule has 0 amide bonds.